The zero-order valence-electron chi connectivity index (χ0n) is 7.39. The number of nitrogens with one attached hydrogen (secondary N) is 1. The van der Waals surface area contributed by atoms with Crippen LogP contribution in [0.5, 0.6) is 0 Å². The summed E-state index contributed by atoms with van der Waals surface area (Å²) in [6, 6.07) is 8.26. The molecule has 68 valence electrons. The number of halogens is 1. The molecule has 0 fully saturated rings. The van der Waals surface area contributed by atoms with Crippen molar-refractivity contribution in [2.75, 3.05) is 6.54 Å². The second-order valence-electron chi connectivity index (χ2n) is 2.76. The summed E-state index contributed by atoms with van der Waals surface area (Å²) in [4.78, 5) is 0. The van der Waals surface area contributed by atoms with Gasteiger partial charge in [0.05, 0.1) is 0 Å². The molecule has 1 rings (SSSR count). The summed E-state index contributed by atoms with van der Waals surface area (Å²) in [6.45, 7) is 1.77. The molecule has 0 unspecified atom stereocenters. The van der Waals surface area contributed by atoms with Gasteiger partial charge in [0.2, 0.25) is 0 Å². The molecule has 0 spiro atoms. The van der Waals surface area contributed by atoms with Crippen LogP contribution in [0, 0.1) is 12.3 Å². The first kappa shape index (κ1) is 10.3. The molecule has 2 heteroatoms. The van der Waals surface area contributed by atoms with Crippen LogP contribution >= 0.6 is 15.9 Å². The minimum absolute atomic E-state index is 0.788. The van der Waals surface area contributed by atoms with Crippen molar-refractivity contribution in [3.05, 3.63) is 34.3 Å². The predicted octanol–water partition coefficient (Wildman–Crippen LogP) is 2.56. The molecular weight excluding hydrogens is 226 g/mol. The van der Waals surface area contributed by atoms with E-state index in [-0.39, 0.29) is 0 Å². The Balaban J connectivity index is 2.30. The number of rotatable bonds is 4. The second-order valence-corrected chi connectivity index (χ2v) is 3.67. The van der Waals surface area contributed by atoms with Crippen molar-refractivity contribution in [1.29, 1.82) is 0 Å². The Hall–Kier alpha value is -0.780. The van der Waals surface area contributed by atoms with Gasteiger partial charge >= 0.3 is 0 Å². The van der Waals surface area contributed by atoms with Gasteiger partial charge < -0.3 is 5.32 Å². The van der Waals surface area contributed by atoms with Gasteiger partial charge in [-0.15, -0.1) is 12.3 Å². The van der Waals surface area contributed by atoms with Gasteiger partial charge in [0.15, 0.2) is 0 Å². The van der Waals surface area contributed by atoms with E-state index in [1.807, 2.05) is 12.1 Å². The Morgan fingerprint density at radius 2 is 2.00 bits per heavy atom. The lowest BCUT2D eigenvalue weighted by Gasteiger charge is -2.02. The third kappa shape index (κ3) is 4.12. The van der Waals surface area contributed by atoms with Crippen LogP contribution in [0.1, 0.15) is 12.0 Å². The van der Waals surface area contributed by atoms with E-state index in [0.29, 0.717) is 0 Å². The van der Waals surface area contributed by atoms with Crippen LogP contribution in [0.4, 0.5) is 0 Å². The van der Waals surface area contributed by atoms with Crippen molar-refractivity contribution in [2.24, 2.45) is 0 Å². The maximum Gasteiger partial charge on any atom is 0.0212 e. The first-order valence-electron chi connectivity index (χ1n) is 4.21. The molecule has 1 N–H and O–H groups in total. The summed E-state index contributed by atoms with van der Waals surface area (Å²) < 4.78 is 1.11. The average molecular weight is 238 g/mol. The van der Waals surface area contributed by atoms with E-state index in [9.17, 15) is 0 Å². The van der Waals surface area contributed by atoms with Crippen LogP contribution in [-0.4, -0.2) is 6.54 Å². The lowest BCUT2D eigenvalue weighted by atomic mass is 10.2. The zero-order chi connectivity index (χ0) is 9.52. The first-order chi connectivity index (χ1) is 6.33. The SMILES string of the molecule is C#CCCNCc1ccc(Br)cc1. The van der Waals surface area contributed by atoms with Crippen LogP contribution in [0.15, 0.2) is 28.7 Å². The van der Waals surface area contributed by atoms with Gasteiger partial charge in [-0.25, -0.2) is 0 Å². The van der Waals surface area contributed by atoms with E-state index in [1.165, 1.54) is 5.56 Å². The van der Waals surface area contributed by atoms with Gasteiger partial charge in [-0.3, -0.25) is 0 Å². The Morgan fingerprint density at radius 1 is 1.31 bits per heavy atom. The lowest BCUT2D eigenvalue weighted by Crippen LogP contribution is -2.13. The molecule has 0 saturated carbocycles. The molecule has 1 aromatic carbocycles. The van der Waals surface area contributed by atoms with Gasteiger partial charge in [-0.2, -0.15) is 0 Å². The van der Waals surface area contributed by atoms with E-state index < -0.39 is 0 Å². The van der Waals surface area contributed by atoms with Crippen molar-refractivity contribution in [2.45, 2.75) is 13.0 Å². The quantitative estimate of drug-likeness (QED) is 0.628. The molecule has 0 aromatic heterocycles. The number of terminal acetylenes is 1. The maximum absolute atomic E-state index is 5.13. The second kappa shape index (κ2) is 5.80. The molecule has 0 aliphatic heterocycles. The molecule has 0 saturated heterocycles. The topological polar surface area (TPSA) is 12.0 Å². The van der Waals surface area contributed by atoms with Crippen LogP contribution < -0.4 is 5.32 Å². The highest BCUT2D eigenvalue weighted by Crippen LogP contribution is 2.09. The van der Waals surface area contributed by atoms with Gasteiger partial charge in [-0.1, -0.05) is 28.1 Å². The van der Waals surface area contributed by atoms with E-state index in [2.05, 4.69) is 39.3 Å². The normalized spacial score (nSPS) is 9.54. The minimum atomic E-state index is 0.788. The molecule has 0 radical (unpaired) electrons. The molecule has 0 amide bonds. The largest absolute Gasteiger partial charge is 0.312 e. The van der Waals surface area contributed by atoms with Gasteiger partial charge in [0.1, 0.15) is 0 Å². The summed E-state index contributed by atoms with van der Waals surface area (Å²) in [5, 5.41) is 3.26. The van der Waals surface area contributed by atoms with Crippen LogP contribution in [-0.2, 0) is 6.54 Å². The summed E-state index contributed by atoms with van der Waals surface area (Å²) >= 11 is 3.39. The van der Waals surface area contributed by atoms with E-state index in [0.717, 1.165) is 24.0 Å². The van der Waals surface area contributed by atoms with Crippen LogP contribution in [0.2, 0.25) is 0 Å². The van der Waals surface area contributed by atoms with Crippen molar-refractivity contribution in [1.82, 2.24) is 5.32 Å². The molecule has 1 nitrogen and oxygen atoms in total. The highest BCUT2D eigenvalue weighted by molar-refractivity contribution is 9.10. The molecule has 13 heavy (non-hydrogen) atoms. The number of hydrogen-bond acceptors (Lipinski definition) is 1. The Morgan fingerprint density at radius 3 is 2.62 bits per heavy atom. The Bertz CT molecular complexity index is 284. The molecule has 0 aliphatic rings. The van der Waals surface area contributed by atoms with Crippen molar-refractivity contribution < 1.29 is 0 Å². The fourth-order valence-corrected chi connectivity index (χ4v) is 1.26. The maximum atomic E-state index is 5.13. The zero-order valence-corrected chi connectivity index (χ0v) is 8.97. The third-order valence-corrected chi connectivity index (χ3v) is 2.22. The monoisotopic (exact) mass is 237 g/mol. The summed E-state index contributed by atoms with van der Waals surface area (Å²) in [6.07, 6.45) is 5.92. The summed E-state index contributed by atoms with van der Waals surface area (Å²) in [7, 11) is 0. The fourth-order valence-electron chi connectivity index (χ4n) is 0.996. The van der Waals surface area contributed by atoms with E-state index >= 15 is 0 Å². The Labute approximate surface area is 87.7 Å². The lowest BCUT2D eigenvalue weighted by molar-refractivity contribution is 0.701. The average Bonchev–Trinajstić information content (AvgIpc) is 2.15. The molecular formula is C11H12BrN. The minimum Gasteiger partial charge on any atom is -0.312 e. The molecule has 0 heterocycles. The van der Waals surface area contributed by atoms with Gasteiger partial charge in [0.25, 0.3) is 0 Å². The van der Waals surface area contributed by atoms with Crippen molar-refractivity contribution >= 4 is 15.9 Å². The molecule has 0 bridgehead atoms. The summed E-state index contributed by atoms with van der Waals surface area (Å²) in [5.74, 6) is 2.59. The fraction of sp³-hybridized carbons (Fsp3) is 0.273. The number of hydrogen-bond donors (Lipinski definition) is 1. The van der Waals surface area contributed by atoms with E-state index in [1.54, 1.807) is 0 Å². The van der Waals surface area contributed by atoms with Gasteiger partial charge in [0, 0.05) is 24.0 Å². The van der Waals surface area contributed by atoms with E-state index in [4.69, 9.17) is 6.42 Å². The van der Waals surface area contributed by atoms with Crippen molar-refractivity contribution in [3.8, 4) is 12.3 Å². The standard InChI is InChI=1S/C11H12BrN/c1-2-3-8-13-9-10-4-6-11(12)7-5-10/h1,4-7,13H,3,8-9H2. The highest BCUT2D eigenvalue weighted by atomic mass is 79.9. The smallest absolute Gasteiger partial charge is 0.0212 e. The van der Waals surface area contributed by atoms with Crippen molar-refractivity contribution in [3.63, 3.8) is 0 Å². The van der Waals surface area contributed by atoms with Crippen LogP contribution in [0.3, 0.4) is 0 Å². The highest BCUT2D eigenvalue weighted by Gasteiger charge is 1.91. The molecule has 1 aromatic rings. The van der Waals surface area contributed by atoms with Gasteiger partial charge in [-0.05, 0) is 17.7 Å². The predicted molar refractivity (Wildman–Crippen MR) is 59.3 cm³/mol. The first-order valence-corrected chi connectivity index (χ1v) is 5.01. The molecule has 0 atom stereocenters. The molecule has 0 aliphatic carbocycles. The number of benzene rings is 1. The third-order valence-electron chi connectivity index (χ3n) is 1.69. The Kier molecular flexibility index (Phi) is 4.59. The summed E-state index contributed by atoms with van der Waals surface area (Å²) in [5.41, 5.74) is 1.28. The van der Waals surface area contributed by atoms with Crippen LogP contribution in [0.25, 0.3) is 0 Å².